The third kappa shape index (κ3) is 4.07. The maximum absolute atomic E-state index is 11.6. The van der Waals surface area contributed by atoms with Gasteiger partial charge in [0, 0.05) is 13.1 Å². The topological polar surface area (TPSA) is 47.6 Å². The number of hydrogen-bond donors (Lipinski definition) is 1. The molecule has 1 unspecified atom stereocenters. The smallest absolute Gasteiger partial charge is 0.313 e. The van der Waals surface area contributed by atoms with Crippen molar-refractivity contribution >= 4 is 5.97 Å². The average molecular weight is 201 g/mol. The van der Waals surface area contributed by atoms with Gasteiger partial charge in [0.2, 0.25) is 0 Å². The molecule has 0 radical (unpaired) electrons. The SMILES string of the molecule is CC(C)(C)OC(=O)C1CNCCOC1. The molecule has 4 heteroatoms. The summed E-state index contributed by atoms with van der Waals surface area (Å²) in [7, 11) is 0. The third-order valence-electron chi connectivity index (χ3n) is 1.87. The van der Waals surface area contributed by atoms with Gasteiger partial charge in [0.05, 0.1) is 19.1 Å². The fraction of sp³-hybridized carbons (Fsp3) is 0.900. The molecule has 1 saturated heterocycles. The van der Waals surface area contributed by atoms with Crippen LogP contribution in [0.2, 0.25) is 0 Å². The molecular weight excluding hydrogens is 182 g/mol. The van der Waals surface area contributed by atoms with Crippen molar-refractivity contribution < 1.29 is 14.3 Å². The second kappa shape index (κ2) is 4.75. The molecule has 0 aromatic heterocycles. The van der Waals surface area contributed by atoms with Crippen LogP contribution in [0.1, 0.15) is 20.8 Å². The molecule has 14 heavy (non-hydrogen) atoms. The molecule has 1 atom stereocenters. The predicted molar refractivity (Wildman–Crippen MR) is 53.0 cm³/mol. The zero-order valence-corrected chi connectivity index (χ0v) is 9.13. The molecule has 0 aromatic rings. The van der Waals surface area contributed by atoms with E-state index in [2.05, 4.69) is 5.32 Å². The van der Waals surface area contributed by atoms with Crippen LogP contribution in [-0.4, -0.2) is 37.9 Å². The number of carbonyl (C=O) groups is 1. The Kier molecular flexibility index (Phi) is 3.89. The zero-order chi connectivity index (χ0) is 10.6. The maximum atomic E-state index is 11.6. The van der Waals surface area contributed by atoms with Crippen molar-refractivity contribution in [2.24, 2.45) is 5.92 Å². The molecule has 82 valence electrons. The van der Waals surface area contributed by atoms with Gasteiger partial charge >= 0.3 is 5.97 Å². The van der Waals surface area contributed by atoms with Crippen molar-refractivity contribution in [1.82, 2.24) is 5.32 Å². The van der Waals surface area contributed by atoms with E-state index in [0.29, 0.717) is 19.8 Å². The molecule has 0 spiro atoms. The van der Waals surface area contributed by atoms with Crippen LogP contribution in [0.25, 0.3) is 0 Å². The Labute approximate surface area is 85.0 Å². The highest BCUT2D eigenvalue weighted by Crippen LogP contribution is 2.12. The Hall–Kier alpha value is -0.610. The molecule has 0 aromatic carbocycles. The summed E-state index contributed by atoms with van der Waals surface area (Å²) in [5.74, 6) is -0.344. The monoisotopic (exact) mass is 201 g/mol. The number of hydrogen-bond acceptors (Lipinski definition) is 4. The van der Waals surface area contributed by atoms with Gasteiger partial charge in [-0.1, -0.05) is 0 Å². The molecule has 1 heterocycles. The first-order valence-corrected chi connectivity index (χ1v) is 5.00. The number of rotatable bonds is 1. The lowest BCUT2D eigenvalue weighted by Gasteiger charge is -2.22. The van der Waals surface area contributed by atoms with Crippen LogP contribution in [0, 0.1) is 5.92 Å². The molecule has 1 N–H and O–H groups in total. The van der Waals surface area contributed by atoms with Gasteiger partial charge in [-0.05, 0) is 20.8 Å². The third-order valence-corrected chi connectivity index (χ3v) is 1.87. The predicted octanol–water partition coefficient (Wildman–Crippen LogP) is 0.564. The molecule has 1 fully saturated rings. The van der Waals surface area contributed by atoms with Gasteiger partial charge in [0.25, 0.3) is 0 Å². The summed E-state index contributed by atoms with van der Waals surface area (Å²) in [5, 5.41) is 3.14. The number of ether oxygens (including phenoxy) is 2. The second-order valence-corrected chi connectivity index (χ2v) is 4.51. The van der Waals surface area contributed by atoms with Crippen molar-refractivity contribution in [3.63, 3.8) is 0 Å². The minimum atomic E-state index is -0.413. The molecule has 1 aliphatic rings. The molecule has 1 aliphatic heterocycles. The van der Waals surface area contributed by atoms with Gasteiger partial charge in [-0.15, -0.1) is 0 Å². The van der Waals surface area contributed by atoms with E-state index >= 15 is 0 Å². The van der Waals surface area contributed by atoms with Crippen molar-refractivity contribution in [2.75, 3.05) is 26.3 Å². The molecule has 0 aliphatic carbocycles. The van der Waals surface area contributed by atoms with E-state index in [9.17, 15) is 4.79 Å². The highest BCUT2D eigenvalue weighted by atomic mass is 16.6. The summed E-state index contributed by atoms with van der Waals surface area (Å²) < 4.78 is 10.6. The van der Waals surface area contributed by atoms with E-state index in [0.717, 1.165) is 6.54 Å². The minimum Gasteiger partial charge on any atom is -0.460 e. The highest BCUT2D eigenvalue weighted by molar-refractivity contribution is 5.73. The number of nitrogens with one attached hydrogen (secondary N) is 1. The van der Waals surface area contributed by atoms with Gasteiger partial charge in [0.1, 0.15) is 5.60 Å². The van der Waals surface area contributed by atoms with E-state index < -0.39 is 5.60 Å². The van der Waals surface area contributed by atoms with Gasteiger partial charge in [-0.25, -0.2) is 0 Å². The highest BCUT2D eigenvalue weighted by Gasteiger charge is 2.26. The van der Waals surface area contributed by atoms with Crippen LogP contribution >= 0.6 is 0 Å². The van der Waals surface area contributed by atoms with E-state index in [1.54, 1.807) is 0 Å². The van der Waals surface area contributed by atoms with Gasteiger partial charge in [0.15, 0.2) is 0 Å². The Morgan fingerprint density at radius 2 is 2.21 bits per heavy atom. The Balaban J connectivity index is 2.42. The molecule has 0 bridgehead atoms. The minimum absolute atomic E-state index is 0.170. The lowest BCUT2D eigenvalue weighted by molar-refractivity contribution is -0.161. The van der Waals surface area contributed by atoms with Gasteiger partial charge in [-0.3, -0.25) is 4.79 Å². The lowest BCUT2D eigenvalue weighted by Crippen LogP contribution is -2.35. The van der Waals surface area contributed by atoms with Crippen LogP contribution in [0.5, 0.6) is 0 Å². The maximum Gasteiger partial charge on any atom is 0.313 e. The largest absolute Gasteiger partial charge is 0.460 e. The normalized spacial score (nSPS) is 24.1. The van der Waals surface area contributed by atoms with E-state index in [1.165, 1.54) is 0 Å². The quantitative estimate of drug-likeness (QED) is 0.630. The molecular formula is C10H19NO3. The summed E-state index contributed by atoms with van der Waals surface area (Å²) in [4.78, 5) is 11.6. The van der Waals surface area contributed by atoms with E-state index in [1.807, 2.05) is 20.8 Å². The number of esters is 1. The van der Waals surface area contributed by atoms with E-state index in [-0.39, 0.29) is 11.9 Å². The molecule has 1 rings (SSSR count). The summed E-state index contributed by atoms with van der Waals surface area (Å²) in [6.45, 7) is 8.19. The molecule has 0 saturated carbocycles. The van der Waals surface area contributed by atoms with E-state index in [4.69, 9.17) is 9.47 Å². The summed E-state index contributed by atoms with van der Waals surface area (Å²) in [6.07, 6.45) is 0. The Morgan fingerprint density at radius 3 is 2.86 bits per heavy atom. The van der Waals surface area contributed by atoms with Crippen molar-refractivity contribution in [3.05, 3.63) is 0 Å². The zero-order valence-electron chi connectivity index (χ0n) is 9.13. The summed E-state index contributed by atoms with van der Waals surface area (Å²) in [5.41, 5.74) is -0.413. The second-order valence-electron chi connectivity index (χ2n) is 4.51. The Morgan fingerprint density at radius 1 is 1.50 bits per heavy atom. The van der Waals surface area contributed by atoms with Gasteiger partial charge < -0.3 is 14.8 Å². The molecule has 0 amide bonds. The van der Waals surface area contributed by atoms with Crippen LogP contribution in [-0.2, 0) is 14.3 Å². The molecule has 4 nitrogen and oxygen atoms in total. The van der Waals surface area contributed by atoms with Crippen LogP contribution < -0.4 is 5.32 Å². The first-order chi connectivity index (χ1) is 6.49. The first-order valence-electron chi connectivity index (χ1n) is 5.00. The summed E-state index contributed by atoms with van der Waals surface area (Å²) >= 11 is 0. The average Bonchev–Trinajstić information content (AvgIpc) is 2.27. The van der Waals surface area contributed by atoms with Crippen LogP contribution in [0.3, 0.4) is 0 Å². The summed E-state index contributed by atoms with van der Waals surface area (Å²) in [6, 6.07) is 0. The standard InChI is InChI=1S/C10H19NO3/c1-10(2,3)14-9(12)8-6-11-4-5-13-7-8/h8,11H,4-7H2,1-3H3. The van der Waals surface area contributed by atoms with Crippen molar-refractivity contribution in [2.45, 2.75) is 26.4 Å². The fourth-order valence-corrected chi connectivity index (χ4v) is 1.24. The first kappa shape index (κ1) is 11.5. The Bertz CT molecular complexity index is 190. The van der Waals surface area contributed by atoms with Crippen molar-refractivity contribution in [3.8, 4) is 0 Å². The fourth-order valence-electron chi connectivity index (χ4n) is 1.24. The van der Waals surface area contributed by atoms with Crippen LogP contribution in [0.4, 0.5) is 0 Å². The lowest BCUT2D eigenvalue weighted by atomic mass is 10.1. The van der Waals surface area contributed by atoms with Crippen LogP contribution in [0.15, 0.2) is 0 Å². The van der Waals surface area contributed by atoms with Crippen molar-refractivity contribution in [1.29, 1.82) is 0 Å². The number of carbonyl (C=O) groups excluding carboxylic acids is 1. The van der Waals surface area contributed by atoms with Gasteiger partial charge in [-0.2, -0.15) is 0 Å².